The van der Waals surface area contributed by atoms with E-state index in [0.717, 1.165) is 43.4 Å². The van der Waals surface area contributed by atoms with Crippen LogP contribution in [-0.2, 0) is 6.42 Å². The fourth-order valence-corrected chi connectivity index (χ4v) is 3.38. The van der Waals surface area contributed by atoms with Crippen molar-refractivity contribution in [2.24, 2.45) is 0 Å². The molecule has 24 heavy (non-hydrogen) atoms. The summed E-state index contributed by atoms with van der Waals surface area (Å²) in [5.41, 5.74) is 2.29. The Labute approximate surface area is 146 Å². The van der Waals surface area contributed by atoms with Crippen LogP contribution < -0.4 is 4.74 Å². The highest BCUT2D eigenvalue weighted by Gasteiger charge is 2.28. The highest BCUT2D eigenvalue weighted by molar-refractivity contribution is 6.31. The van der Waals surface area contributed by atoms with Crippen molar-refractivity contribution in [3.05, 3.63) is 52.6 Å². The van der Waals surface area contributed by atoms with Gasteiger partial charge in [-0.25, -0.2) is 8.78 Å². The molecular weight excluding hydrogens is 332 g/mol. The predicted octanol–water partition coefficient (Wildman–Crippen LogP) is 4.93. The monoisotopic (exact) mass is 351 g/mol. The van der Waals surface area contributed by atoms with Crippen molar-refractivity contribution in [3.63, 3.8) is 0 Å². The van der Waals surface area contributed by atoms with Crippen LogP contribution in [0.1, 0.15) is 19.4 Å². The second-order valence-corrected chi connectivity index (χ2v) is 6.44. The fourth-order valence-electron chi connectivity index (χ4n) is 3.14. The molecule has 0 aromatic heterocycles. The number of hydrogen-bond acceptors (Lipinski definition) is 2. The largest absolute Gasteiger partial charge is 0.488 e. The van der Waals surface area contributed by atoms with Gasteiger partial charge in [0, 0.05) is 23.6 Å². The molecule has 0 amide bonds. The maximum Gasteiger partial charge on any atom is 0.159 e. The lowest BCUT2D eigenvalue weighted by Gasteiger charge is -2.22. The van der Waals surface area contributed by atoms with Crippen molar-refractivity contribution < 1.29 is 13.5 Å². The van der Waals surface area contributed by atoms with Gasteiger partial charge in [-0.15, -0.1) is 0 Å². The molecule has 0 radical (unpaired) electrons. The van der Waals surface area contributed by atoms with Gasteiger partial charge in [-0.05, 0) is 48.5 Å². The second kappa shape index (κ2) is 7.08. The zero-order chi connectivity index (χ0) is 17.3. The van der Waals surface area contributed by atoms with Crippen molar-refractivity contribution in [2.45, 2.75) is 26.4 Å². The Balaban J connectivity index is 1.93. The molecule has 0 fully saturated rings. The molecule has 1 aliphatic heterocycles. The van der Waals surface area contributed by atoms with Crippen LogP contribution in [0.2, 0.25) is 5.02 Å². The van der Waals surface area contributed by atoms with Crippen LogP contribution >= 0.6 is 11.6 Å². The first-order chi connectivity index (χ1) is 11.5. The first kappa shape index (κ1) is 17.2. The van der Waals surface area contributed by atoms with Crippen molar-refractivity contribution >= 4 is 11.6 Å². The summed E-state index contributed by atoms with van der Waals surface area (Å²) < 4.78 is 33.0. The summed E-state index contributed by atoms with van der Waals surface area (Å²) in [6.07, 6.45) is 0.811. The zero-order valence-electron chi connectivity index (χ0n) is 13.8. The summed E-state index contributed by atoms with van der Waals surface area (Å²) >= 11 is 6.22. The number of fused-ring (bicyclic) bond motifs is 1. The van der Waals surface area contributed by atoms with Crippen LogP contribution in [-0.4, -0.2) is 30.6 Å². The summed E-state index contributed by atoms with van der Waals surface area (Å²) in [5.74, 6) is -1.01. The van der Waals surface area contributed by atoms with Gasteiger partial charge in [0.15, 0.2) is 11.6 Å². The van der Waals surface area contributed by atoms with Gasteiger partial charge in [-0.1, -0.05) is 31.5 Å². The van der Waals surface area contributed by atoms with Crippen LogP contribution in [0.4, 0.5) is 8.78 Å². The molecule has 0 spiro atoms. The van der Waals surface area contributed by atoms with E-state index in [-0.39, 0.29) is 6.10 Å². The molecule has 0 aliphatic carbocycles. The normalized spacial score (nSPS) is 16.3. The second-order valence-electron chi connectivity index (χ2n) is 6.00. The third-order valence-electron chi connectivity index (χ3n) is 4.45. The van der Waals surface area contributed by atoms with E-state index in [0.29, 0.717) is 16.1 Å². The van der Waals surface area contributed by atoms with Crippen LogP contribution in [0.15, 0.2) is 30.3 Å². The summed E-state index contributed by atoms with van der Waals surface area (Å²) in [6, 6.07) is 7.49. The van der Waals surface area contributed by atoms with Gasteiger partial charge in [0.2, 0.25) is 0 Å². The molecule has 2 aromatic carbocycles. The highest BCUT2D eigenvalue weighted by atomic mass is 35.5. The molecule has 3 rings (SSSR count). The average molecular weight is 352 g/mol. The minimum Gasteiger partial charge on any atom is -0.488 e. The minimum atomic E-state index is -0.876. The van der Waals surface area contributed by atoms with Crippen LogP contribution in [0.5, 0.6) is 5.75 Å². The van der Waals surface area contributed by atoms with E-state index < -0.39 is 11.6 Å². The topological polar surface area (TPSA) is 12.5 Å². The molecule has 2 aromatic rings. The Bertz CT molecular complexity index is 746. The maximum atomic E-state index is 13.6. The zero-order valence-corrected chi connectivity index (χ0v) is 14.5. The number of nitrogens with zero attached hydrogens (tertiary/aromatic N) is 1. The van der Waals surface area contributed by atoms with Gasteiger partial charge in [0.05, 0.1) is 0 Å². The van der Waals surface area contributed by atoms with E-state index in [1.165, 1.54) is 6.07 Å². The van der Waals surface area contributed by atoms with E-state index in [1.807, 2.05) is 6.07 Å². The lowest BCUT2D eigenvalue weighted by molar-refractivity contribution is 0.159. The molecule has 2 nitrogen and oxygen atoms in total. The van der Waals surface area contributed by atoms with Gasteiger partial charge in [0.1, 0.15) is 11.9 Å². The molecule has 1 heterocycles. The molecule has 1 unspecified atom stereocenters. The van der Waals surface area contributed by atoms with Crippen LogP contribution in [0.25, 0.3) is 11.1 Å². The average Bonchev–Trinajstić information content (AvgIpc) is 2.96. The molecule has 1 aliphatic rings. The van der Waals surface area contributed by atoms with Gasteiger partial charge >= 0.3 is 0 Å². The number of ether oxygens (including phenoxy) is 1. The molecule has 128 valence electrons. The quantitative estimate of drug-likeness (QED) is 0.757. The molecule has 0 N–H and O–H groups in total. The Morgan fingerprint density at radius 1 is 1.12 bits per heavy atom. The third-order valence-corrected chi connectivity index (χ3v) is 4.67. The first-order valence-corrected chi connectivity index (χ1v) is 8.56. The van der Waals surface area contributed by atoms with Crippen molar-refractivity contribution in [2.75, 3.05) is 19.6 Å². The summed E-state index contributed by atoms with van der Waals surface area (Å²) in [5, 5.41) is 0.570. The molecule has 0 saturated carbocycles. The lowest BCUT2D eigenvalue weighted by atomic mass is 10.0. The van der Waals surface area contributed by atoms with Gasteiger partial charge in [0.25, 0.3) is 0 Å². The standard InChI is InChI=1S/C19H20ClF2NO/c1-3-23(4-2)11-15-8-13-7-14(20)10-16(19(13)24-15)12-5-6-17(21)18(22)9-12/h5-7,9-10,15H,3-4,8,11H2,1-2H3. The number of hydrogen-bond donors (Lipinski definition) is 0. The Morgan fingerprint density at radius 3 is 2.54 bits per heavy atom. The fraction of sp³-hybridized carbons (Fsp3) is 0.368. The Morgan fingerprint density at radius 2 is 1.88 bits per heavy atom. The van der Waals surface area contributed by atoms with Crippen molar-refractivity contribution in [1.29, 1.82) is 0 Å². The number of rotatable bonds is 5. The molecule has 0 saturated heterocycles. The van der Waals surface area contributed by atoms with Crippen LogP contribution in [0.3, 0.4) is 0 Å². The summed E-state index contributed by atoms with van der Waals surface area (Å²) in [4.78, 5) is 2.30. The smallest absolute Gasteiger partial charge is 0.159 e. The van der Waals surface area contributed by atoms with E-state index >= 15 is 0 Å². The molecule has 5 heteroatoms. The lowest BCUT2D eigenvalue weighted by Crippen LogP contribution is -2.34. The van der Waals surface area contributed by atoms with Crippen molar-refractivity contribution in [1.82, 2.24) is 4.90 Å². The van der Waals surface area contributed by atoms with E-state index in [4.69, 9.17) is 16.3 Å². The summed E-state index contributed by atoms with van der Waals surface area (Å²) in [6.45, 7) is 6.99. The number of benzene rings is 2. The van der Waals surface area contributed by atoms with E-state index in [2.05, 4.69) is 18.7 Å². The molecular formula is C19H20ClF2NO. The predicted molar refractivity (Wildman–Crippen MR) is 92.7 cm³/mol. The van der Waals surface area contributed by atoms with E-state index in [9.17, 15) is 8.78 Å². The SMILES string of the molecule is CCN(CC)CC1Cc2cc(Cl)cc(-c3ccc(F)c(F)c3)c2O1. The Kier molecular flexibility index (Phi) is 5.07. The molecule has 1 atom stereocenters. The van der Waals surface area contributed by atoms with Crippen molar-refractivity contribution in [3.8, 4) is 16.9 Å². The highest BCUT2D eigenvalue weighted by Crippen LogP contribution is 2.41. The first-order valence-electron chi connectivity index (χ1n) is 8.18. The summed E-state index contributed by atoms with van der Waals surface area (Å²) in [7, 11) is 0. The number of likely N-dealkylation sites (N-methyl/N-ethyl adjacent to an activating group) is 1. The van der Waals surface area contributed by atoms with Gasteiger partial charge in [-0.3, -0.25) is 0 Å². The van der Waals surface area contributed by atoms with E-state index in [1.54, 1.807) is 12.1 Å². The van der Waals surface area contributed by atoms with Gasteiger partial charge in [-0.2, -0.15) is 0 Å². The van der Waals surface area contributed by atoms with Gasteiger partial charge < -0.3 is 9.64 Å². The maximum absolute atomic E-state index is 13.6. The Hall–Kier alpha value is -1.65. The number of halogens is 3. The third kappa shape index (κ3) is 3.40. The minimum absolute atomic E-state index is 0.0439. The molecule has 0 bridgehead atoms. The van der Waals surface area contributed by atoms with Crippen LogP contribution in [0, 0.1) is 11.6 Å².